The maximum Gasteiger partial charge on any atom is 0.195 e. The van der Waals surface area contributed by atoms with Crippen LogP contribution in [0.1, 0.15) is 42.1 Å². The number of carbonyl (C=O) groups is 1. The molecule has 0 saturated heterocycles. The number of rotatable bonds is 7. The van der Waals surface area contributed by atoms with E-state index in [1.807, 2.05) is 65.4 Å². The molecule has 0 aliphatic rings. The van der Waals surface area contributed by atoms with Gasteiger partial charge in [0.2, 0.25) is 0 Å². The smallest absolute Gasteiger partial charge is 0.195 e. The van der Waals surface area contributed by atoms with Crippen LogP contribution >= 0.6 is 0 Å². The van der Waals surface area contributed by atoms with Crippen molar-refractivity contribution in [3.63, 3.8) is 0 Å². The van der Waals surface area contributed by atoms with Crippen LogP contribution in [0.3, 0.4) is 0 Å². The molecule has 0 aliphatic carbocycles. The van der Waals surface area contributed by atoms with Crippen LogP contribution in [-0.4, -0.2) is 10.4 Å². The number of fused-ring (bicyclic) bond motifs is 1. The Labute approximate surface area is 170 Å². The molecule has 0 unspecified atom stereocenters. The van der Waals surface area contributed by atoms with Crippen molar-refractivity contribution in [2.24, 2.45) is 0 Å². The van der Waals surface area contributed by atoms with Crippen LogP contribution in [0.4, 0.5) is 4.39 Å². The Balaban J connectivity index is 1.78. The van der Waals surface area contributed by atoms with Gasteiger partial charge in [-0.25, -0.2) is 4.39 Å². The molecule has 0 N–H and O–H groups in total. The lowest BCUT2D eigenvalue weighted by Crippen LogP contribution is -2.02. The van der Waals surface area contributed by atoms with E-state index in [4.69, 9.17) is 0 Å². The van der Waals surface area contributed by atoms with Gasteiger partial charge in [0.1, 0.15) is 5.82 Å². The molecule has 2 nitrogen and oxygen atoms in total. The van der Waals surface area contributed by atoms with E-state index in [0.717, 1.165) is 42.3 Å². The first-order chi connectivity index (χ1) is 14.2. The Morgan fingerprint density at radius 2 is 1.69 bits per heavy atom. The number of carbonyl (C=O) groups excluding carboxylic acids is 1. The zero-order valence-electron chi connectivity index (χ0n) is 16.6. The quantitative estimate of drug-likeness (QED) is 0.251. The summed E-state index contributed by atoms with van der Waals surface area (Å²) >= 11 is 0. The number of aromatic nitrogens is 1. The van der Waals surface area contributed by atoms with Gasteiger partial charge in [-0.1, -0.05) is 74.4 Å². The van der Waals surface area contributed by atoms with E-state index in [-0.39, 0.29) is 11.6 Å². The van der Waals surface area contributed by atoms with Gasteiger partial charge in [0.05, 0.1) is 5.69 Å². The summed E-state index contributed by atoms with van der Waals surface area (Å²) in [5.41, 5.74) is 2.55. The Kier molecular flexibility index (Phi) is 5.57. The Morgan fingerprint density at radius 3 is 2.52 bits per heavy atom. The Hall–Kier alpha value is -3.20. The van der Waals surface area contributed by atoms with Gasteiger partial charge < -0.3 is 4.57 Å². The van der Waals surface area contributed by atoms with Gasteiger partial charge in [0, 0.05) is 29.4 Å². The van der Waals surface area contributed by atoms with Gasteiger partial charge in [-0.2, -0.15) is 0 Å². The number of hydrogen-bond acceptors (Lipinski definition) is 1. The number of halogens is 1. The summed E-state index contributed by atoms with van der Waals surface area (Å²) in [4.78, 5) is 13.4. The monoisotopic (exact) mass is 385 g/mol. The summed E-state index contributed by atoms with van der Waals surface area (Å²) in [5, 5.41) is 1.97. The molecule has 29 heavy (non-hydrogen) atoms. The number of benzene rings is 3. The summed E-state index contributed by atoms with van der Waals surface area (Å²) in [6.45, 7) is 2.92. The van der Waals surface area contributed by atoms with Crippen molar-refractivity contribution < 1.29 is 9.18 Å². The van der Waals surface area contributed by atoms with Crippen molar-refractivity contribution in [3.05, 3.63) is 95.9 Å². The highest BCUT2D eigenvalue weighted by Gasteiger charge is 2.18. The van der Waals surface area contributed by atoms with E-state index >= 15 is 0 Å². The maximum atomic E-state index is 14.5. The Bertz CT molecular complexity index is 1150. The van der Waals surface area contributed by atoms with Crippen LogP contribution in [-0.2, 0) is 6.54 Å². The van der Waals surface area contributed by atoms with Crippen molar-refractivity contribution in [1.29, 1.82) is 0 Å². The first-order valence-corrected chi connectivity index (χ1v) is 10.2. The lowest BCUT2D eigenvalue weighted by molar-refractivity contribution is 0.104. The third-order valence-electron chi connectivity index (χ3n) is 5.35. The molecule has 3 heteroatoms. The fraction of sp³-hybridized carbons (Fsp3) is 0.192. The molecular formula is C26H24FNO. The molecule has 0 radical (unpaired) electrons. The van der Waals surface area contributed by atoms with Crippen LogP contribution in [0, 0.1) is 5.82 Å². The number of aryl methyl sites for hydroxylation is 1. The van der Waals surface area contributed by atoms with Crippen molar-refractivity contribution in [1.82, 2.24) is 4.57 Å². The zero-order valence-corrected chi connectivity index (χ0v) is 16.6. The lowest BCUT2D eigenvalue weighted by atomic mass is 9.98. The van der Waals surface area contributed by atoms with E-state index < -0.39 is 0 Å². The van der Waals surface area contributed by atoms with Crippen LogP contribution in [0.5, 0.6) is 0 Å². The van der Waals surface area contributed by atoms with Crippen molar-refractivity contribution >= 4 is 16.6 Å². The number of unbranched alkanes of at least 4 members (excludes halogenated alkanes) is 2. The zero-order chi connectivity index (χ0) is 20.2. The number of hydrogen-bond donors (Lipinski definition) is 0. The normalized spacial score (nSPS) is 11.1. The van der Waals surface area contributed by atoms with E-state index in [2.05, 4.69) is 6.92 Å². The van der Waals surface area contributed by atoms with E-state index in [9.17, 15) is 9.18 Å². The summed E-state index contributed by atoms with van der Waals surface area (Å²) in [5.74, 6) is -0.305. The fourth-order valence-corrected chi connectivity index (χ4v) is 3.83. The largest absolute Gasteiger partial charge is 0.347 e. The second-order valence-electron chi connectivity index (χ2n) is 7.35. The molecule has 0 saturated carbocycles. The van der Waals surface area contributed by atoms with Gasteiger partial charge in [-0.3, -0.25) is 4.79 Å². The third-order valence-corrected chi connectivity index (χ3v) is 5.35. The number of ketones is 1. The first-order valence-electron chi connectivity index (χ1n) is 10.2. The molecule has 146 valence electrons. The molecule has 1 aromatic heterocycles. The average molecular weight is 385 g/mol. The maximum absolute atomic E-state index is 14.5. The molecule has 0 fully saturated rings. The molecule has 1 heterocycles. The topological polar surface area (TPSA) is 22.0 Å². The summed E-state index contributed by atoms with van der Waals surface area (Å²) in [6.07, 6.45) is 5.08. The fourth-order valence-electron chi connectivity index (χ4n) is 3.83. The van der Waals surface area contributed by atoms with Gasteiger partial charge in [0.15, 0.2) is 5.78 Å². The minimum Gasteiger partial charge on any atom is -0.347 e. The molecule has 0 bridgehead atoms. The predicted molar refractivity (Wildman–Crippen MR) is 117 cm³/mol. The highest BCUT2D eigenvalue weighted by atomic mass is 19.1. The number of nitrogens with zero attached hydrogens (tertiary/aromatic N) is 1. The van der Waals surface area contributed by atoms with Gasteiger partial charge in [-0.15, -0.1) is 0 Å². The van der Waals surface area contributed by atoms with E-state index in [1.54, 1.807) is 12.1 Å². The van der Waals surface area contributed by atoms with Gasteiger partial charge in [0.25, 0.3) is 0 Å². The molecule has 0 spiro atoms. The third kappa shape index (κ3) is 3.86. The summed E-state index contributed by atoms with van der Waals surface area (Å²) in [7, 11) is 0. The standard InChI is InChI=1S/C26H24FNO/c1-2-3-8-16-28-18-20(17-25(28)23-13-6-7-15-24(23)27)26(29)22-14-9-11-19-10-4-5-12-21(19)22/h4-7,9-15,17-18H,2-3,8,16H2,1H3. The first kappa shape index (κ1) is 19.1. The molecule has 3 aromatic carbocycles. The molecular weight excluding hydrogens is 361 g/mol. The molecule has 4 aromatic rings. The van der Waals surface area contributed by atoms with Crippen molar-refractivity contribution in [2.45, 2.75) is 32.7 Å². The molecule has 0 amide bonds. The Morgan fingerprint density at radius 1 is 0.931 bits per heavy atom. The van der Waals surface area contributed by atoms with Crippen LogP contribution in [0.15, 0.2) is 79.0 Å². The SMILES string of the molecule is CCCCCn1cc(C(=O)c2cccc3ccccc23)cc1-c1ccccc1F. The average Bonchev–Trinajstić information content (AvgIpc) is 3.17. The van der Waals surface area contributed by atoms with Gasteiger partial charge in [-0.05, 0) is 35.4 Å². The van der Waals surface area contributed by atoms with Crippen LogP contribution in [0.25, 0.3) is 22.0 Å². The van der Waals surface area contributed by atoms with E-state index in [1.165, 1.54) is 6.07 Å². The second kappa shape index (κ2) is 8.44. The lowest BCUT2D eigenvalue weighted by Gasteiger charge is -2.09. The molecule has 0 atom stereocenters. The van der Waals surface area contributed by atoms with Crippen LogP contribution in [0.2, 0.25) is 0 Å². The summed E-state index contributed by atoms with van der Waals surface area (Å²) in [6, 6.07) is 22.2. The molecule has 4 rings (SSSR count). The highest BCUT2D eigenvalue weighted by molar-refractivity contribution is 6.16. The van der Waals surface area contributed by atoms with Crippen molar-refractivity contribution in [3.8, 4) is 11.3 Å². The minimum atomic E-state index is -0.272. The van der Waals surface area contributed by atoms with E-state index in [0.29, 0.717) is 16.7 Å². The highest BCUT2D eigenvalue weighted by Crippen LogP contribution is 2.28. The minimum absolute atomic E-state index is 0.0337. The van der Waals surface area contributed by atoms with Crippen LogP contribution < -0.4 is 0 Å². The second-order valence-corrected chi connectivity index (χ2v) is 7.35. The van der Waals surface area contributed by atoms with Gasteiger partial charge >= 0.3 is 0 Å². The summed E-state index contributed by atoms with van der Waals surface area (Å²) < 4.78 is 16.5. The molecule has 0 aliphatic heterocycles. The predicted octanol–water partition coefficient (Wildman–Crippen LogP) is 6.87. The van der Waals surface area contributed by atoms with Crippen molar-refractivity contribution in [2.75, 3.05) is 0 Å².